The van der Waals surface area contributed by atoms with Crippen molar-refractivity contribution in [3.8, 4) is 0 Å². The molecule has 0 aromatic carbocycles. The summed E-state index contributed by atoms with van der Waals surface area (Å²) < 4.78 is 0. The van der Waals surface area contributed by atoms with Crippen LogP contribution in [0, 0.1) is 59.2 Å². The van der Waals surface area contributed by atoms with E-state index in [0.717, 1.165) is 134 Å². The maximum atomic E-state index is 12.0. The molecule has 4 rings (SSSR count). The van der Waals surface area contributed by atoms with Gasteiger partial charge in [-0.15, -0.1) is 7.92 Å². The second-order valence-corrected chi connectivity index (χ2v) is 18.3. The average Bonchev–Trinajstić information content (AvgIpc) is 3.05. The first-order chi connectivity index (χ1) is 22.1. The molecule has 4 aliphatic carbocycles. The van der Waals surface area contributed by atoms with Gasteiger partial charge in [-0.3, -0.25) is 19.2 Å². The van der Waals surface area contributed by atoms with E-state index in [9.17, 15) is 39.6 Å². The zero-order chi connectivity index (χ0) is 33.2. The van der Waals surface area contributed by atoms with E-state index in [1.807, 2.05) is 0 Å². The zero-order valence-electron chi connectivity index (χ0n) is 28.2. The van der Waals surface area contributed by atoms with Crippen molar-refractivity contribution in [2.75, 3.05) is 18.5 Å². The Morgan fingerprint density at radius 1 is 0.500 bits per heavy atom. The molecule has 0 aromatic rings. The fourth-order valence-corrected chi connectivity index (χ4v) is 13.0. The molecule has 0 heterocycles. The summed E-state index contributed by atoms with van der Waals surface area (Å²) >= 11 is 0. The molecular formula is C37H61O8P. The largest absolute Gasteiger partial charge is 0.481 e. The number of rotatable bonds is 16. The van der Waals surface area contributed by atoms with E-state index in [1.54, 1.807) is 0 Å². The topological polar surface area (TPSA) is 149 Å². The van der Waals surface area contributed by atoms with Crippen LogP contribution in [0.15, 0.2) is 0 Å². The Labute approximate surface area is 277 Å². The minimum Gasteiger partial charge on any atom is -0.481 e. The summed E-state index contributed by atoms with van der Waals surface area (Å²) in [6.45, 7) is 2.25. The first-order valence-electron chi connectivity index (χ1n) is 18.7. The number of hydrogen-bond acceptors (Lipinski definition) is 4. The Morgan fingerprint density at radius 3 is 1.02 bits per heavy atom. The quantitative estimate of drug-likeness (QED) is 0.120. The summed E-state index contributed by atoms with van der Waals surface area (Å²) in [5, 5.41) is 39.4. The van der Waals surface area contributed by atoms with Crippen LogP contribution in [-0.4, -0.2) is 62.8 Å². The summed E-state index contributed by atoms with van der Waals surface area (Å²) in [7, 11) is -0.269. The summed E-state index contributed by atoms with van der Waals surface area (Å²) in [5.74, 6) is -1.71. The molecule has 4 aliphatic rings. The molecule has 8 nitrogen and oxygen atoms in total. The lowest BCUT2D eigenvalue weighted by molar-refractivity contribution is -0.145. The fourth-order valence-electron chi connectivity index (χ4n) is 10.4. The smallest absolute Gasteiger partial charge is 0.306 e. The Morgan fingerprint density at radius 2 is 0.783 bits per heavy atom. The molecular weight excluding hydrogens is 603 g/mol. The molecule has 46 heavy (non-hydrogen) atoms. The lowest BCUT2D eigenvalue weighted by Crippen LogP contribution is -2.35. The summed E-state index contributed by atoms with van der Waals surface area (Å²) in [4.78, 5) is 47.9. The van der Waals surface area contributed by atoms with Crippen molar-refractivity contribution in [3.05, 3.63) is 0 Å². The van der Waals surface area contributed by atoms with Crippen LogP contribution in [0.3, 0.4) is 0 Å². The standard InChI is InChI=1S/C37H61O8P/c1-2-17-46(18-15-32(24-7-3-11-28(20-24)34(38)39)25-8-4-12-29(21-25)35(40)41)19-16-33(26-9-5-13-30(22-26)36(42)43)27-10-6-14-31(23-27)37(44)45/h24-33H,2-23H2,1H3,(H,38,39)(H,40,41)(H,42,43)(H,44,45). The van der Waals surface area contributed by atoms with Crippen molar-refractivity contribution < 1.29 is 39.6 Å². The van der Waals surface area contributed by atoms with Gasteiger partial charge in [0.2, 0.25) is 0 Å². The second-order valence-electron chi connectivity index (χ2n) is 15.6. The first-order valence-corrected chi connectivity index (χ1v) is 20.6. The van der Waals surface area contributed by atoms with Gasteiger partial charge in [0.25, 0.3) is 0 Å². The number of aliphatic carboxylic acids is 4. The van der Waals surface area contributed by atoms with Gasteiger partial charge in [-0.2, -0.15) is 0 Å². The molecule has 0 bridgehead atoms. The van der Waals surface area contributed by atoms with E-state index < -0.39 is 23.9 Å². The molecule has 0 radical (unpaired) electrons. The van der Waals surface area contributed by atoms with Gasteiger partial charge in [-0.05, 0) is 118 Å². The second kappa shape index (κ2) is 18.2. The van der Waals surface area contributed by atoms with Crippen LogP contribution in [0.5, 0.6) is 0 Å². The first kappa shape index (κ1) is 37.1. The molecule has 0 aromatic heterocycles. The highest BCUT2D eigenvalue weighted by Gasteiger charge is 2.41. The summed E-state index contributed by atoms with van der Waals surface area (Å²) in [6.07, 6.45) is 20.5. The number of carbonyl (C=O) groups is 4. The van der Waals surface area contributed by atoms with Crippen LogP contribution >= 0.6 is 7.92 Å². The van der Waals surface area contributed by atoms with Crippen LogP contribution in [-0.2, 0) is 19.2 Å². The molecule has 4 fully saturated rings. The summed E-state index contributed by atoms with van der Waals surface area (Å²) in [6, 6.07) is 0. The minimum atomic E-state index is -0.685. The van der Waals surface area contributed by atoms with Gasteiger partial charge in [-0.1, -0.05) is 64.7 Å². The van der Waals surface area contributed by atoms with Crippen LogP contribution in [0.1, 0.15) is 129 Å². The van der Waals surface area contributed by atoms with Gasteiger partial charge in [0, 0.05) is 0 Å². The van der Waals surface area contributed by atoms with Crippen molar-refractivity contribution in [2.45, 2.75) is 129 Å². The van der Waals surface area contributed by atoms with Crippen LogP contribution in [0.25, 0.3) is 0 Å². The molecule has 9 heteroatoms. The molecule has 8 atom stereocenters. The Kier molecular flexibility index (Phi) is 14.7. The van der Waals surface area contributed by atoms with E-state index in [0.29, 0.717) is 35.5 Å². The normalized spacial score (nSPS) is 34.2. The molecule has 4 N–H and O–H groups in total. The van der Waals surface area contributed by atoms with Crippen molar-refractivity contribution in [3.63, 3.8) is 0 Å². The van der Waals surface area contributed by atoms with Crippen LogP contribution in [0.2, 0.25) is 0 Å². The third-order valence-electron chi connectivity index (χ3n) is 12.8. The van der Waals surface area contributed by atoms with Gasteiger partial charge >= 0.3 is 23.9 Å². The average molecular weight is 665 g/mol. The number of hydrogen-bond donors (Lipinski definition) is 4. The van der Waals surface area contributed by atoms with Gasteiger partial charge < -0.3 is 20.4 Å². The van der Waals surface area contributed by atoms with Crippen LogP contribution < -0.4 is 0 Å². The van der Waals surface area contributed by atoms with Gasteiger partial charge in [0.15, 0.2) is 0 Å². The summed E-state index contributed by atoms with van der Waals surface area (Å²) in [5.41, 5.74) is 0. The Bertz CT molecular complexity index is 873. The van der Waals surface area contributed by atoms with Crippen molar-refractivity contribution in [2.24, 2.45) is 59.2 Å². The fraction of sp³-hybridized carbons (Fsp3) is 0.892. The number of carboxylic acid groups (broad SMARTS) is 4. The third kappa shape index (κ3) is 10.4. The Balaban J connectivity index is 1.47. The van der Waals surface area contributed by atoms with E-state index >= 15 is 0 Å². The monoisotopic (exact) mass is 664 g/mol. The van der Waals surface area contributed by atoms with Crippen molar-refractivity contribution in [1.82, 2.24) is 0 Å². The lowest BCUT2D eigenvalue weighted by Gasteiger charge is -2.42. The Hall–Kier alpha value is -1.69. The van der Waals surface area contributed by atoms with Gasteiger partial charge in [0.05, 0.1) is 23.7 Å². The molecule has 8 unspecified atom stereocenters. The molecule has 262 valence electrons. The van der Waals surface area contributed by atoms with Crippen molar-refractivity contribution >= 4 is 31.8 Å². The molecule has 0 aliphatic heterocycles. The van der Waals surface area contributed by atoms with Gasteiger partial charge in [-0.25, -0.2) is 0 Å². The van der Waals surface area contributed by atoms with E-state index in [4.69, 9.17) is 0 Å². The predicted molar refractivity (Wildman–Crippen MR) is 180 cm³/mol. The van der Waals surface area contributed by atoms with Crippen LogP contribution in [0.4, 0.5) is 0 Å². The molecule has 0 amide bonds. The van der Waals surface area contributed by atoms with E-state index in [2.05, 4.69) is 6.92 Å². The maximum absolute atomic E-state index is 12.0. The van der Waals surface area contributed by atoms with E-state index in [-0.39, 0.29) is 31.6 Å². The highest BCUT2D eigenvalue weighted by molar-refractivity contribution is 7.57. The number of carboxylic acids is 4. The molecule has 0 saturated heterocycles. The predicted octanol–water partition coefficient (Wildman–Crippen LogP) is 8.45. The van der Waals surface area contributed by atoms with E-state index in [1.165, 1.54) is 6.16 Å². The van der Waals surface area contributed by atoms with Crippen molar-refractivity contribution in [1.29, 1.82) is 0 Å². The van der Waals surface area contributed by atoms with Gasteiger partial charge in [0.1, 0.15) is 0 Å². The maximum Gasteiger partial charge on any atom is 0.306 e. The highest BCUT2D eigenvalue weighted by Crippen LogP contribution is 2.50. The zero-order valence-corrected chi connectivity index (χ0v) is 29.1. The molecule has 4 saturated carbocycles. The lowest BCUT2D eigenvalue weighted by atomic mass is 9.65. The SMILES string of the molecule is CCCP(CCC(C1CCCC(C(=O)O)C1)C1CCCC(C(=O)O)C1)CCC(C1CCCC(C(=O)O)C1)C1CCCC(C(=O)O)C1. The highest BCUT2D eigenvalue weighted by atomic mass is 31.1. The molecule has 0 spiro atoms. The third-order valence-corrected chi connectivity index (χ3v) is 15.6. The minimum absolute atomic E-state index is 0.269.